The standard InChI is InChI=1S/C16H23NO2/c1-3-12-6-4-5-7-16(12)19-13-8-9-14(11(2)18)15(17)10-13/h8-10,12,16H,3-7,17H2,1-2H3. The van der Waals surface area contributed by atoms with Crippen LogP contribution >= 0.6 is 0 Å². The molecule has 2 unspecified atom stereocenters. The van der Waals surface area contributed by atoms with E-state index in [0.717, 1.165) is 18.6 Å². The van der Waals surface area contributed by atoms with E-state index in [4.69, 9.17) is 10.5 Å². The molecule has 1 fully saturated rings. The van der Waals surface area contributed by atoms with Gasteiger partial charge in [-0.05, 0) is 50.7 Å². The summed E-state index contributed by atoms with van der Waals surface area (Å²) in [5.41, 5.74) is 6.97. The maximum Gasteiger partial charge on any atom is 0.161 e. The van der Waals surface area contributed by atoms with E-state index in [1.807, 2.05) is 6.07 Å². The number of carbonyl (C=O) groups excluding carboxylic acids is 1. The Hall–Kier alpha value is -1.51. The molecule has 2 N–H and O–H groups in total. The number of ketones is 1. The quantitative estimate of drug-likeness (QED) is 0.662. The van der Waals surface area contributed by atoms with Gasteiger partial charge in [-0.15, -0.1) is 0 Å². The van der Waals surface area contributed by atoms with E-state index in [1.54, 1.807) is 12.1 Å². The highest BCUT2D eigenvalue weighted by Gasteiger charge is 2.25. The fourth-order valence-electron chi connectivity index (χ4n) is 2.91. The summed E-state index contributed by atoms with van der Waals surface area (Å²) < 4.78 is 6.08. The predicted octanol–water partition coefficient (Wildman–Crippen LogP) is 3.82. The van der Waals surface area contributed by atoms with Gasteiger partial charge in [-0.1, -0.05) is 13.3 Å². The van der Waals surface area contributed by atoms with Crippen LogP contribution in [0.5, 0.6) is 5.75 Å². The fraction of sp³-hybridized carbons (Fsp3) is 0.562. The van der Waals surface area contributed by atoms with Crippen molar-refractivity contribution in [1.29, 1.82) is 0 Å². The van der Waals surface area contributed by atoms with E-state index in [2.05, 4.69) is 6.92 Å². The average Bonchev–Trinajstić information content (AvgIpc) is 2.39. The van der Waals surface area contributed by atoms with Gasteiger partial charge in [0, 0.05) is 17.3 Å². The zero-order chi connectivity index (χ0) is 13.8. The molecule has 0 heterocycles. The monoisotopic (exact) mass is 261 g/mol. The Morgan fingerprint density at radius 2 is 2.11 bits per heavy atom. The molecule has 1 aromatic rings. The third-order valence-corrected chi connectivity index (χ3v) is 4.05. The molecule has 1 saturated carbocycles. The first-order valence-corrected chi connectivity index (χ1v) is 7.19. The van der Waals surface area contributed by atoms with Crippen LogP contribution in [0, 0.1) is 5.92 Å². The molecule has 0 spiro atoms. The summed E-state index contributed by atoms with van der Waals surface area (Å²) in [6, 6.07) is 5.39. The zero-order valence-electron chi connectivity index (χ0n) is 11.8. The summed E-state index contributed by atoms with van der Waals surface area (Å²) in [6.07, 6.45) is 6.37. The van der Waals surface area contributed by atoms with Gasteiger partial charge in [0.05, 0.1) is 0 Å². The van der Waals surface area contributed by atoms with Crippen molar-refractivity contribution in [2.24, 2.45) is 5.92 Å². The van der Waals surface area contributed by atoms with Crippen LogP contribution in [0.3, 0.4) is 0 Å². The third-order valence-electron chi connectivity index (χ3n) is 4.05. The Morgan fingerprint density at radius 1 is 1.37 bits per heavy atom. The van der Waals surface area contributed by atoms with Crippen LogP contribution in [0.1, 0.15) is 56.3 Å². The van der Waals surface area contributed by atoms with Crippen LogP contribution in [-0.4, -0.2) is 11.9 Å². The first kappa shape index (κ1) is 13.9. The molecule has 0 radical (unpaired) electrons. The van der Waals surface area contributed by atoms with Gasteiger partial charge < -0.3 is 10.5 Å². The number of hydrogen-bond donors (Lipinski definition) is 1. The Labute approximate surface area is 115 Å². The van der Waals surface area contributed by atoms with Crippen molar-refractivity contribution in [2.45, 2.75) is 52.1 Å². The summed E-state index contributed by atoms with van der Waals surface area (Å²) in [4.78, 5) is 11.3. The van der Waals surface area contributed by atoms with Crippen LogP contribution in [-0.2, 0) is 0 Å². The number of carbonyl (C=O) groups is 1. The molecule has 1 aromatic carbocycles. The smallest absolute Gasteiger partial charge is 0.161 e. The molecule has 0 bridgehead atoms. The third kappa shape index (κ3) is 3.28. The highest BCUT2D eigenvalue weighted by atomic mass is 16.5. The van der Waals surface area contributed by atoms with Crippen molar-refractivity contribution in [1.82, 2.24) is 0 Å². The number of ether oxygens (including phenoxy) is 1. The maximum absolute atomic E-state index is 11.3. The lowest BCUT2D eigenvalue weighted by molar-refractivity contribution is 0.0904. The normalized spacial score (nSPS) is 23.1. The van der Waals surface area contributed by atoms with Gasteiger partial charge in [0.15, 0.2) is 5.78 Å². The van der Waals surface area contributed by atoms with E-state index in [9.17, 15) is 4.79 Å². The minimum Gasteiger partial charge on any atom is -0.490 e. The Morgan fingerprint density at radius 3 is 2.74 bits per heavy atom. The van der Waals surface area contributed by atoms with Gasteiger partial charge in [0.25, 0.3) is 0 Å². The summed E-state index contributed by atoms with van der Waals surface area (Å²) in [7, 11) is 0. The van der Waals surface area contributed by atoms with Gasteiger partial charge in [0.1, 0.15) is 11.9 Å². The molecule has 19 heavy (non-hydrogen) atoms. The van der Waals surface area contributed by atoms with E-state index in [-0.39, 0.29) is 5.78 Å². The Kier molecular flexibility index (Phi) is 4.46. The van der Waals surface area contributed by atoms with Crippen molar-refractivity contribution in [2.75, 3.05) is 5.73 Å². The number of anilines is 1. The summed E-state index contributed by atoms with van der Waals surface area (Å²) in [5.74, 6) is 1.42. The second kappa shape index (κ2) is 6.09. The topological polar surface area (TPSA) is 52.3 Å². The molecule has 104 valence electrons. The van der Waals surface area contributed by atoms with E-state index in [0.29, 0.717) is 23.3 Å². The lowest BCUT2D eigenvalue weighted by Crippen LogP contribution is -2.29. The highest BCUT2D eigenvalue weighted by Crippen LogP contribution is 2.31. The van der Waals surface area contributed by atoms with E-state index in [1.165, 1.54) is 26.2 Å². The molecule has 1 aliphatic rings. The lowest BCUT2D eigenvalue weighted by Gasteiger charge is -2.31. The molecule has 3 nitrogen and oxygen atoms in total. The Balaban J connectivity index is 2.10. The first-order chi connectivity index (χ1) is 9.11. The molecule has 0 aliphatic heterocycles. The largest absolute Gasteiger partial charge is 0.490 e. The number of hydrogen-bond acceptors (Lipinski definition) is 3. The molecular weight excluding hydrogens is 238 g/mol. The number of nitrogen functional groups attached to an aromatic ring is 1. The van der Waals surface area contributed by atoms with E-state index >= 15 is 0 Å². The SMILES string of the molecule is CCC1CCCCC1Oc1ccc(C(C)=O)c(N)c1. The molecular formula is C16H23NO2. The van der Waals surface area contributed by atoms with E-state index < -0.39 is 0 Å². The average molecular weight is 261 g/mol. The molecule has 3 heteroatoms. The highest BCUT2D eigenvalue weighted by molar-refractivity contribution is 5.99. The van der Waals surface area contributed by atoms with Gasteiger partial charge in [-0.2, -0.15) is 0 Å². The molecule has 1 aliphatic carbocycles. The van der Waals surface area contributed by atoms with Crippen LogP contribution < -0.4 is 10.5 Å². The van der Waals surface area contributed by atoms with Gasteiger partial charge in [-0.25, -0.2) is 0 Å². The lowest BCUT2D eigenvalue weighted by atomic mass is 9.85. The minimum atomic E-state index is -0.00634. The van der Waals surface area contributed by atoms with Crippen molar-refractivity contribution in [3.8, 4) is 5.75 Å². The summed E-state index contributed by atoms with van der Waals surface area (Å²) in [6.45, 7) is 3.75. The summed E-state index contributed by atoms with van der Waals surface area (Å²) >= 11 is 0. The number of Topliss-reactive ketones (excluding diaryl/α,β-unsaturated/α-hetero) is 1. The maximum atomic E-state index is 11.3. The number of rotatable bonds is 4. The summed E-state index contributed by atoms with van der Waals surface area (Å²) in [5, 5.41) is 0. The van der Waals surface area contributed by atoms with Crippen molar-refractivity contribution in [3.63, 3.8) is 0 Å². The molecule has 2 rings (SSSR count). The fourth-order valence-corrected chi connectivity index (χ4v) is 2.91. The van der Waals surface area contributed by atoms with Crippen molar-refractivity contribution >= 4 is 11.5 Å². The minimum absolute atomic E-state index is 0.00634. The van der Waals surface area contributed by atoms with Crippen molar-refractivity contribution in [3.05, 3.63) is 23.8 Å². The van der Waals surface area contributed by atoms with Gasteiger partial charge >= 0.3 is 0 Å². The van der Waals surface area contributed by atoms with Crippen LogP contribution in [0.25, 0.3) is 0 Å². The van der Waals surface area contributed by atoms with Gasteiger partial charge in [0.2, 0.25) is 0 Å². The van der Waals surface area contributed by atoms with Crippen LogP contribution in [0.2, 0.25) is 0 Å². The van der Waals surface area contributed by atoms with Gasteiger partial charge in [-0.3, -0.25) is 4.79 Å². The molecule has 2 atom stereocenters. The van der Waals surface area contributed by atoms with Crippen LogP contribution in [0.4, 0.5) is 5.69 Å². The molecule has 0 aromatic heterocycles. The predicted molar refractivity (Wildman–Crippen MR) is 77.5 cm³/mol. The van der Waals surface area contributed by atoms with Crippen LogP contribution in [0.15, 0.2) is 18.2 Å². The first-order valence-electron chi connectivity index (χ1n) is 7.19. The second-order valence-corrected chi connectivity index (χ2v) is 5.41. The second-order valence-electron chi connectivity index (χ2n) is 5.41. The molecule has 0 amide bonds. The van der Waals surface area contributed by atoms with Crippen molar-refractivity contribution < 1.29 is 9.53 Å². The molecule has 0 saturated heterocycles. The number of benzene rings is 1. The Bertz CT molecular complexity index is 456. The zero-order valence-corrected chi connectivity index (χ0v) is 11.8. The number of nitrogens with two attached hydrogens (primary N) is 1.